The van der Waals surface area contributed by atoms with E-state index >= 15 is 0 Å². The van der Waals surface area contributed by atoms with Gasteiger partial charge in [0.2, 0.25) is 0 Å². The van der Waals surface area contributed by atoms with Crippen LogP contribution in [0.1, 0.15) is 44.4 Å². The number of aryl methyl sites for hydroxylation is 1. The summed E-state index contributed by atoms with van der Waals surface area (Å²) in [5, 5.41) is 3.45. The van der Waals surface area contributed by atoms with Crippen molar-refractivity contribution < 1.29 is 0 Å². The highest BCUT2D eigenvalue weighted by molar-refractivity contribution is 5.30. The van der Waals surface area contributed by atoms with Gasteiger partial charge in [0.15, 0.2) is 0 Å². The van der Waals surface area contributed by atoms with E-state index in [4.69, 9.17) is 0 Å². The van der Waals surface area contributed by atoms with E-state index in [2.05, 4.69) is 64.3 Å². The Morgan fingerprint density at radius 2 is 1.87 bits per heavy atom. The number of hydrogen-bond acceptors (Lipinski definition) is 1. The van der Waals surface area contributed by atoms with Crippen LogP contribution < -0.4 is 5.32 Å². The normalized spacial score (nSPS) is 13.9. The Balaban J connectivity index is 3.08. The maximum absolute atomic E-state index is 3.45. The summed E-state index contributed by atoms with van der Waals surface area (Å²) in [6.07, 6.45) is 1.17. The fourth-order valence-electron chi connectivity index (χ4n) is 2.08. The largest absolute Gasteiger partial charge is 0.313 e. The summed E-state index contributed by atoms with van der Waals surface area (Å²) in [7, 11) is 2.05. The van der Waals surface area contributed by atoms with E-state index in [1.54, 1.807) is 0 Å². The minimum atomic E-state index is 0.293. The second-order valence-corrected chi connectivity index (χ2v) is 4.92. The molecule has 0 aliphatic carbocycles. The van der Waals surface area contributed by atoms with Gasteiger partial charge in [-0.05, 0) is 36.9 Å². The van der Waals surface area contributed by atoms with E-state index in [0.717, 1.165) is 0 Å². The molecule has 0 heterocycles. The number of rotatable bonds is 4. The molecule has 0 radical (unpaired) electrons. The lowest BCUT2D eigenvalue weighted by Gasteiger charge is -2.34. The van der Waals surface area contributed by atoms with Crippen molar-refractivity contribution in [2.45, 2.75) is 40.2 Å². The molecular weight excluding hydrogens is 182 g/mol. The third-order valence-electron chi connectivity index (χ3n) is 3.48. The van der Waals surface area contributed by atoms with Crippen molar-refractivity contribution in [1.82, 2.24) is 5.32 Å². The smallest absolute Gasteiger partial charge is 0.0371 e. The number of hydrogen-bond donors (Lipinski definition) is 1. The summed E-state index contributed by atoms with van der Waals surface area (Å²) in [6.45, 7) is 9.08. The molecule has 0 saturated heterocycles. The number of benzene rings is 1. The second kappa shape index (κ2) is 4.80. The molecule has 0 amide bonds. The summed E-state index contributed by atoms with van der Waals surface area (Å²) in [4.78, 5) is 0. The predicted octanol–water partition coefficient (Wildman–Crippen LogP) is 3.69. The van der Waals surface area contributed by atoms with Gasteiger partial charge in [0, 0.05) is 6.04 Å². The summed E-state index contributed by atoms with van der Waals surface area (Å²) >= 11 is 0. The lowest BCUT2D eigenvalue weighted by Crippen LogP contribution is -2.32. The first kappa shape index (κ1) is 12.3. The van der Waals surface area contributed by atoms with E-state index in [1.165, 1.54) is 17.5 Å². The molecule has 0 saturated carbocycles. The monoisotopic (exact) mass is 205 g/mol. The first-order valence-electron chi connectivity index (χ1n) is 5.75. The van der Waals surface area contributed by atoms with Crippen LogP contribution in [0, 0.1) is 12.3 Å². The molecule has 0 spiro atoms. The molecule has 0 aliphatic rings. The van der Waals surface area contributed by atoms with Crippen LogP contribution in [0.25, 0.3) is 0 Å². The minimum Gasteiger partial charge on any atom is -0.313 e. The molecular formula is C14H23N. The van der Waals surface area contributed by atoms with Crippen LogP contribution in [-0.4, -0.2) is 7.05 Å². The fraction of sp³-hybridized carbons (Fsp3) is 0.571. The molecule has 1 heteroatoms. The molecule has 1 atom stereocenters. The highest BCUT2D eigenvalue weighted by Crippen LogP contribution is 2.36. The van der Waals surface area contributed by atoms with Crippen molar-refractivity contribution in [2.75, 3.05) is 7.05 Å². The van der Waals surface area contributed by atoms with Crippen LogP contribution in [-0.2, 0) is 0 Å². The lowest BCUT2D eigenvalue weighted by atomic mass is 9.77. The van der Waals surface area contributed by atoms with Crippen LogP contribution >= 0.6 is 0 Å². The molecule has 0 aromatic heterocycles. The summed E-state index contributed by atoms with van der Waals surface area (Å²) in [6, 6.07) is 9.08. The molecule has 1 N–H and O–H groups in total. The van der Waals surface area contributed by atoms with Crippen molar-refractivity contribution in [2.24, 2.45) is 5.41 Å². The quantitative estimate of drug-likeness (QED) is 0.790. The zero-order valence-corrected chi connectivity index (χ0v) is 10.6. The van der Waals surface area contributed by atoms with Gasteiger partial charge >= 0.3 is 0 Å². The summed E-state index contributed by atoms with van der Waals surface area (Å²) in [5.41, 5.74) is 3.09. The topological polar surface area (TPSA) is 12.0 Å². The van der Waals surface area contributed by atoms with Gasteiger partial charge in [-0.2, -0.15) is 0 Å². The molecule has 1 nitrogen and oxygen atoms in total. The predicted molar refractivity (Wildman–Crippen MR) is 67.1 cm³/mol. The highest BCUT2D eigenvalue weighted by Gasteiger charge is 2.28. The van der Waals surface area contributed by atoms with Crippen molar-refractivity contribution >= 4 is 0 Å². The molecule has 84 valence electrons. The Morgan fingerprint density at radius 1 is 1.27 bits per heavy atom. The van der Waals surface area contributed by atoms with Crippen LogP contribution in [0.5, 0.6) is 0 Å². The Labute approximate surface area is 93.9 Å². The van der Waals surface area contributed by atoms with Gasteiger partial charge in [-0.25, -0.2) is 0 Å². The van der Waals surface area contributed by atoms with Crippen LogP contribution in [0.3, 0.4) is 0 Å². The molecule has 0 bridgehead atoms. The SMILES string of the molecule is CCC(C)(C)C(NC)c1ccccc1C. The van der Waals surface area contributed by atoms with Crippen LogP contribution in [0.2, 0.25) is 0 Å². The highest BCUT2D eigenvalue weighted by atomic mass is 14.9. The van der Waals surface area contributed by atoms with Gasteiger partial charge in [-0.3, -0.25) is 0 Å². The molecule has 0 fully saturated rings. The zero-order chi connectivity index (χ0) is 11.5. The number of nitrogens with one attached hydrogen (secondary N) is 1. The molecule has 15 heavy (non-hydrogen) atoms. The van der Waals surface area contributed by atoms with E-state index in [0.29, 0.717) is 11.5 Å². The Morgan fingerprint density at radius 3 is 2.33 bits per heavy atom. The van der Waals surface area contributed by atoms with Crippen LogP contribution in [0.4, 0.5) is 0 Å². The van der Waals surface area contributed by atoms with Gasteiger partial charge < -0.3 is 5.32 Å². The Kier molecular flexibility index (Phi) is 3.92. The van der Waals surface area contributed by atoms with Gasteiger partial charge in [0.25, 0.3) is 0 Å². The van der Waals surface area contributed by atoms with Gasteiger partial charge in [0.05, 0.1) is 0 Å². The van der Waals surface area contributed by atoms with E-state index in [9.17, 15) is 0 Å². The van der Waals surface area contributed by atoms with Gasteiger partial charge in [0.1, 0.15) is 0 Å². The zero-order valence-electron chi connectivity index (χ0n) is 10.6. The summed E-state index contributed by atoms with van der Waals surface area (Å²) < 4.78 is 0. The fourth-order valence-corrected chi connectivity index (χ4v) is 2.08. The molecule has 1 unspecified atom stereocenters. The average Bonchev–Trinajstić information content (AvgIpc) is 2.21. The van der Waals surface area contributed by atoms with Gasteiger partial charge in [-0.15, -0.1) is 0 Å². The standard InChI is InChI=1S/C14H23N/c1-6-14(3,4)13(15-5)12-10-8-7-9-11(12)2/h7-10,13,15H,6H2,1-5H3. The minimum absolute atomic E-state index is 0.293. The Hall–Kier alpha value is -0.820. The van der Waals surface area contributed by atoms with E-state index in [1.807, 2.05) is 0 Å². The van der Waals surface area contributed by atoms with E-state index < -0.39 is 0 Å². The Bertz CT molecular complexity index is 315. The maximum atomic E-state index is 3.45. The second-order valence-electron chi connectivity index (χ2n) is 4.92. The molecule has 0 aliphatic heterocycles. The third-order valence-corrected chi connectivity index (χ3v) is 3.48. The van der Waals surface area contributed by atoms with Crippen molar-refractivity contribution in [3.8, 4) is 0 Å². The average molecular weight is 205 g/mol. The summed E-state index contributed by atoms with van der Waals surface area (Å²) in [5.74, 6) is 0. The van der Waals surface area contributed by atoms with E-state index in [-0.39, 0.29) is 0 Å². The van der Waals surface area contributed by atoms with Crippen LogP contribution in [0.15, 0.2) is 24.3 Å². The van der Waals surface area contributed by atoms with Crippen molar-refractivity contribution in [3.63, 3.8) is 0 Å². The molecule has 1 aromatic rings. The molecule has 1 aromatic carbocycles. The lowest BCUT2D eigenvalue weighted by molar-refractivity contribution is 0.244. The van der Waals surface area contributed by atoms with Crippen molar-refractivity contribution in [1.29, 1.82) is 0 Å². The first-order chi connectivity index (χ1) is 7.03. The van der Waals surface area contributed by atoms with Gasteiger partial charge in [-0.1, -0.05) is 45.0 Å². The maximum Gasteiger partial charge on any atom is 0.0371 e. The molecule has 1 rings (SSSR count). The third kappa shape index (κ3) is 2.60. The van der Waals surface area contributed by atoms with Crippen molar-refractivity contribution in [3.05, 3.63) is 35.4 Å². The first-order valence-corrected chi connectivity index (χ1v) is 5.75.